The molecule has 0 saturated heterocycles. The molecule has 4 nitrogen and oxygen atoms in total. The first-order chi connectivity index (χ1) is 7.65. The second-order valence-electron chi connectivity index (χ2n) is 3.88. The molecule has 2 rings (SSSR count). The number of thiophene rings is 1. The van der Waals surface area contributed by atoms with Crippen LogP contribution in [0, 0.1) is 13.8 Å². The first-order valence-corrected chi connectivity index (χ1v) is 6.08. The van der Waals surface area contributed by atoms with E-state index >= 15 is 0 Å². The summed E-state index contributed by atoms with van der Waals surface area (Å²) >= 11 is 1.84. The Morgan fingerprint density at radius 2 is 2.19 bits per heavy atom. The Hall–Kier alpha value is -1.20. The largest absolute Gasteiger partial charge is 0.306 e. The molecular formula is C11H16N4S. The third-order valence-corrected chi connectivity index (χ3v) is 3.40. The number of aryl methyl sites for hydroxylation is 3. The fourth-order valence-electron chi connectivity index (χ4n) is 1.63. The maximum absolute atomic E-state index is 4.22. The van der Waals surface area contributed by atoms with Crippen molar-refractivity contribution in [1.82, 2.24) is 20.1 Å². The van der Waals surface area contributed by atoms with Crippen molar-refractivity contribution in [3.63, 3.8) is 0 Å². The summed E-state index contributed by atoms with van der Waals surface area (Å²) in [7, 11) is 1.88. The second kappa shape index (κ2) is 4.76. The molecule has 2 heterocycles. The molecule has 0 aliphatic rings. The highest BCUT2D eigenvalue weighted by Gasteiger charge is 2.03. The highest BCUT2D eigenvalue weighted by atomic mass is 32.1. The second-order valence-corrected chi connectivity index (χ2v) is 5.34. The highest BCUT2D eigenvalue weighted by Crippen LogP contribution is 2.20. The van der Waals surface area contributed by atoms with Gasteiger partial charge in [-0.25, -0.2) is 4.98 Å². The molecule has 2 aromatic rings. The molecule has 0 unspecified atom stereocenters. The van der Waals surface area contributed by atoms with E-state index in [-0.39, 0.29) is 0 Å². The minimum absolute atomic E-state index is 0.717. The Bertz CT molecular complexity index is 472. The van der Waals surface area contributed by atoms with Crippen LogP contribution in [0.15, 0.2) is 12.4 Å². The number of hydrogen-bond acceptors (Lipinski definition) is 4. The van der Waals surface area contributed by atoms with Crippen LogP contribution in [-0.2, 0) is 20.1 Å². The van der Waals surface area contributed by atoms with Crippen molar-refractivity contribution < 1.29 is 0 Å². The topological polar surface area (TPSA) is 42.7 Å². The molecule has 0 aromatic carbocycles. The number of rotatable bonds is 4. The first-order valence-electron chi connectivity index (χ1n) is 5.26. The third kappa shape index (κ3) is 2.68. The summed E-state index contributed by atoms with van der Waals surface area (Å²) in [6.07, 6.45) is 1.72. The van der Waals surface area contributed by atoms with Crippen LogP contribution in [0.2, 0.25) is 0 Å². The average molecular weight is 236 g/mol. The van der Waals surface area contributed by atoms with Gasteiger partial charge in [0.25, 0.3) is 0 Å². The summed E-state index contributed by atoms with van der Waals surface area (Å²) < 4.78 is 1.72. The van der Waals surface area contributed by atoms with E-state index in [1.54, 1.807) is 11.0 Å². The van der Waals surface area contributed by atoms with Gasteiger partial charge < -0.3 is 5.32 Å². The Morgan fingerprint density at radius 1 is 1.38 bits per heavy atom. The van der Waals surface area contributed by atoms with E-state index in [1.165, 1.54) is 15.3 Å². The minimum Gasteiger partial charge on any atom is -0.306 e. The molecular weight excluding hydrogens is 220 g/mol. The molecule has 16 heavy (non-hydrogen) atoms. The number of nitrogens with one attached hydrogen (secondary N) is 1. The van der Waals surface area contributed by atoms with Gasteiger partial charge in [-0.1, -0.05) is 0 Å². The van der Waals surface area contributed by atoms with E-state index in [4.69, 9.17) is 0 Å². The van der Waals surface area contributed by atoms with E-state index < -0.39 is 0 Å². The first kappa shape index (κ1) is 11.3. The van der Waals surface area contributed by atoms with Crippen LogP contribution in [0.1, 0.15) is 21.1 Å². The van der Waals surface area contributed by atoms with Crippen molar-refractivity contribution in [3.05, 3.63) is 33.5 Å². The van der Waals surface area contributed by atoms with Gasteiger partial charge in [-0.3, -0.25) is 4.68 Å². The maximum atomic E-state index is 4.22. The van der Waals surface area contributed by atoms with Crippen LogP contribution >= 0.6 is 11.3 Å². The van der Waals surface area contributed by atoms with Gasteiger partial charge in [0, 0.05) is 23.3 Å². The van der Waals surface area contributed by atoms with Crippen molar-refractivity contribution in [2.45, 2.75) is 26.9 Å². The molecule has 5 heteroatoms. The summed E-state index contributed by atoms with van der Waals surface area (Å²) in [6, 6.07) is 2.23. The molecule has 0 amide bonds. The monoisotopic (exact) mass is 236 g/mol. The van der Waals surface area contributed by atoms with E-state index in [0.717, 1.165) is 18.9 Å². The SMILES string of the molecule is Cc1cc(CNCc2ncn(C)n2)c(C)s1. The lowest BCUT2D eigenvalue weighted by Gasteiger charge is -2.01. The smallest absolute Gasteiger partial charge is 0.164 e. The van der Waals surface area contributed by atoms with E-state index in [0.29, 0.717) is 0 Å². The summed E-state index contributed by atoms with van der Waals surface area (Å²) in [5.74, 6) is 0.840. The molecule has 0 fully saturated rings. The number of aromatic nitrogens is 3. The normalized spacial score (nSPS) is 10.9. The fraction of sp³-hybridized carbons (Fsp3) is 0.455. The van der Waals surface area contributed by atoms with Crippen LogP contribution in [-0.4, -0.2) is 14.8 Å². The molecule has 2 aromatic heterocycles. The average Bonchev–Trinajstić information content (AvgIpc) is 2.74. The zero-order valence-corrected chi connectivity index (χ0v) is 10.6. The predicted molar refractivity (Wildman–Crippen MR) is 65.3 cm³/mol. The van der Waals surface area contributed by atoms with Crippen LogP contribution < -0.4 is 5.32 Å². The number of hydrogen-bond donors (Lipinski definition) is 1. The van der Waals surface area contributed by atoms with Gasteiger partial charge in [-0.05, 0) is 25.5 Å². The van der Waals surface area contributed by atoms with Gasteiger partial charge in [-0.2, -0.15) is 5.10 Å². The van der Waals surface area contributed by atoms with Gasteiger partial charge in [0.2, 0.25) is 0 Å². The molecule has 0 bridgehead atoms. The van der Waals surface area contributed by atoms with Gasteiger partial charge in [0.05, 0.1) is 6.54 Å². The molecule has 0 saturated carbocycles. The zero-order valence-electron chi connectivity index (χ0n) is 9.82. The third-order valence-electron chi connectivity index (χ3n) is 2.39. The lowest BCUT2D eigenvalue weighted by atomic mass is 10.2. The van der Waals surface area contributed by atoms with Gasteiger partial charge in [0.15, 0.2) is 5.82 Å². The molecule has 0 radical (unpaired) electrons. The van der Waals surface area contributed by atoms with Crippen LogP contribution in [0.3, 0.4) is 0 Å². The van der Waals surface area contributed by atoms with Crippen molar-refractivity contribution in [2.75, 3.05) is 0 Å². The zero-order chi connectivity index (χ0) is 11.5. The van der Waals surface area contributed by atoms with Crippen LogP contribution in [0.4, 0.5) is 0 Å². The Balaban J connectivity index is 1.86. The van der Waals surface area contributed by atoms with E-state index in [1.807, 2.05) is 18.4 Å². The molecule has 0 aliphatic heterocycles. The van der Waals surface area contributed by atoms with Crippen LogP contribution in [0.5, 0.6) is 0 Å². The van der Waals surface area contributed by atoms with E-state index in [9.17, 15) is 0 Å². The molecule has 1 N–H and O–H groups in total. The van der Waals surface area contributed by atoms with Crippen molar-refractivity contribution in [2.24, 2.45) is 7.05 Å². The Labute approximate surface area is 99.3 Å². The molecule has 86 valence electrons. The lowest BCUT2D eigenvalue weighted by molar-refractivity contribution is 0.649. The predicted octanol–water partition coefficient (Wildman–Crippen LogP) is 1.78. The molecule has 0 aliphatic carbocycles. The van der Waals surface area contributed by atoms with Crippen molar-refractivity contribution in [3.8, 4) is 0 Å². The molecule has 0 spiro atoms. The Kier molecular flexibility index (Phi) is 3.36. The van der Waals surface area contributed by atoms with Gasteiger partial charge in [0.1, 0.15) is 6.33 Å². The summed E-state index contributed by atoms with van der Waals surface area (Å²) in [4.78, 5) is 6.92. The maximum Gasteiger partial charge on any atom is 0.164 e. The quantitative estimate of drug-likeness (QED) is 0.880. The Morgan fingerprint density at radius 3 is 2.75 bits per heavy atom. The van der Waals surface area contributed by atoms with Crippen LogP contribution in [0.25, 0.3) is 0 Å². The summed E-state index contributed by atoms with van der Waals surface area (Å²) in [5.41, 5.74) is 1.37. The highest BCUT2D eigenvalue weighted by molar-refractivity contribution is 7.12. The van der Waals surface area contributed by atoms with E-state index in [2.05, 4.69) is 35.3 Å². The minimum atomic E-state index is 0.717. The standard InChI is InChI=1S/C11H16N4S/c1-8-4-10(9(2)16-8)5-12-6-11-13-7-15(3)14-11/h4,7,12H,5-6H2,1-3H3. The summed E-state index contributed by atoms with van der Waals surface area (Å²) in [6.45, 7) is 5.90. The van der Waals surface area contributed by atoms with Gasteiger partial charge in [-0.15, -0.1) is 11.3 Å². The summed E-state index contributed by atoms with van der Waals surface area (Å²) in [5, 5.41) is 7.57. The van der Waals surface area contributed by atoms with Gasteiger partial charge >= 0.3 is 0 Å². The lowest BCUT2D eigenvalue weighted by Crippen LogP contribution is -2.14. The number of nitrogens with zero attached hydrogens (tertiary/aromatic N) is 3. The fourth-order valence-corrected chi connectivity index (χ4v) is 2.58. The molecule has 0 atom stereocenters. The van der Waals surface area contributed by atoms with Crippen molar-refractivity contribution in [1.29, 1.82) is 0 Å². The van der Waals surface area contributed by atoms with Crippen molar-refractivity contribution >= 4 is 11.3 Å².